The molecule has 0 fully saturated rings. The highest BCUT2D eigenvalue weighted by molar-refractivity contribution is 5.70. The van der Waals surface area contributed by atoms with E-state index in [1.165, 1.54) is 6.92 Å². The van der Waals surface area contributed by atoms with Crippen LogP contribution in [0.25, 0.3) is 0 Å². The molecule has 0 unspecified atom stereocenters. The topological polar surface area (TPSA) is 35.5 Å². The predicted molar refractivity (Wildman–Crippen MR) is 58.4 cm³/mol. The molecule has 0 aliphatic rings. The number of ether oxygens (including phenoxy) is 2. The Labute approximate surface area is 90.0 Å². The highest BCUT2D eigenvalue weighted by Gasteiger charge is 2.08. The van der Waals surface area contributed by atoms with Gasteiger partial charge in [0.05, 0.1) is 6.61 Å². The van der Waals surface area contributed by atoms with E-state index in [0.717, 1.165) is 16.9 Å². The number of carbonyl (C=O) groups excluding carboxylic acids is 1. The molecule has 3 heteroatoms. The van der Waals surface area contributed by atoms with Crippen LogP contribution < -0.4 is 9.47 Å². The van der Waals surface area contributed by atoms with E-state index >= 15 is 0 Å². The minimum atomic E-state index is -0.301. The van der Waals surface area contributed by atoms with Gasteiger partial charge >= 0.3 is 5.97 Å². The van der Waals surface area contributed by atoms with E-state index < -0.39 is 0 Å². The number of carbonyl (C=O) groups is 1. The van der Waals surface area contributed by atoms with Crippen LogP contribution in [0.1, 0.15) is 25.0 Å². The summed E-state index contributed by atoms with van der Waals surface area (Å²) in [6.45, 7) is 7.76. The van der Waals surface area contributed by atoms with Crippen molar-refractivity contribution in [2.24, 2.45) is 0 Å². The second kappa shape index (κ2) is 4.82. The fourth-order valence-electron chi connectivity index (χ4n) is 1.47. The molecule has 1 aromatic carbocycles. The summed E-state index contributed by atoms with van der Waals surface area (Å²) in [6, 6.07) is 3.74. The molecule has 0 atom stereocenters. The maximum atomic E-state index is 10.9. The molecule has 1 rings (SSSR count). The Morgan fingerprint density at radius 2 is 1.80 bits per heavy atom. The molecule has 0 bridgehead atoms. The molecule has 0 spiro atoms. The van der Waals surface area contributed by atoms with Crippen molar-refractivity contribution in [3.8, 4) is 11.5 Å². The molecule has 0 heterocycles. The van der Waals surface area contributed by atoms with Gasteiger partial charge in [-0.15, -0.1) is 0 Å². The average molecular weight is 208 g/mol. The van der Waals surface area contributed by atoms with Gasteiger partial charge in [0.25, 0.3) is 0 Å². The van der Waals surface area contributed by atoms with E-state index in [-0.39, 0.29) is 5.97 Å². The maximum Gasteiger partial charge on any atom is 0.308 e. The van der Waals surface area contributed by atoms with Gasteiger partial charge < -0.3 is 9.47 Å². The van der Waals surface area contributed by atoms with E-state index in [1.807, 2.05) is 32.9 Å². The summed E-state index contributed by atoms with van der Waals surface area (Å²) in [6.07, 6.45) is 0. The highest BCUT2D eigenvalue weighted by Crippen LogP contribution is 2.28. The van der Waals surface area contributed by atoms with Gasteiger partial charge in [-0.1, -0.05) is 0 Å². The molecule has 0 amide bonds. The number of esters is 1. The van der Waals surface area contributed by atoms with E-state index in [1.54, 1.807) is 0 Å². The number of aryl methyl sites for hydroxylation is 2. The van der Waals surface area contributed by atoms with Gasteiger partial charge in [0.15, 0.2) is 0 Å². The second-order valence-corrected chi connectivity index (χ2v) is 3.41. The lowest BCUT2D eigenvalue weighted by molar-refractivity contribution is -0.131. The quantitative estimate of drug-likeness (QED) is 0.566. The zero-order chi connectivity index (χ0) is 11.4. The number of rotatable bonds is 3. The Kier molecular flexibility index (Phi) is 3.72. The van der Waals surface area contributed by atoms with Crippen LogP contribution in [-0.4, -0.2) is 12.6 Å². The van der Waals surface area contributed by atoms with Crippen molar-refractivity contribution in [3.05, 3.63) is 23.3 Å². The Bertz CT molecular complexity index is 346. The number of hydrogen-bond acceptors (Lipinski definition) is 3. The van der Waals surface area contributed by atoms with Crippen molar-refractivity contribution in [1.29, 1.82) is 0 Å². The fraction of sp³-hybridized carbons (Fsp3) is 0.417. The molecule has 15 heavy (non-hydrogen) atoms. The van der Waals surface area contributed by atoms with Crippen molar-refractivity contribution in [1.82, 2.24) is 0 Å². The van der Waals surface area contributed by atoms with Crippen LogP contribution >= 0.6 is 0 Å². The normalized spacial score (nSPS) is 9.87. The van der Waals surface area contributed by atoms with Gasteiger partial charge in [0.2, 0.25) is 0 Å². The molecule has 82 valence electrons. The van der Waals surface area contributed by atoms with Crippen LogP contribution in [0.2, 0.25) is 0 Å². The lowest BCUT2D eigenvalue weighted by Crippen LogP contribution is -2.05. The number of benzene rings is 1. The van der Waals surface area contributed by atoms with Crippen LogP contribution in [0.5, 0.6) is 11.5 Å². The van der Waals surface area contributed by atoms with E-state index in [4.69, 9.17) is 9.47 Å². The molecule has 0 radical (unpaired) electrons. The Morgan fingerprint density at radius 1 is 1.27 bits per heavy atom. The molecule has 0 saturated heterocycles. The van der Waals surface area contributed by atoms with Gasteiger partial charge in [-0.2, -0.15) is 0 Å². The first-order valence-corrected chi connectivity index (χ1v) is 4.97. The van der Waals surface area contributed by atoms with Gasteiger partial charge in [-0.3, -0.25) is 4.79 Å². The summed E-state index contributed by atoms with van der Waals surface area (Å²) in [5, 5.41) is 0. The van der Waals surface area contributed by atoms with E-state index in [2.05, 4.69) is 0 Å². The molecular formula is C12H16O3. The predicted octanol–water partition coefficient (Wildman–Crippen LogP) is 2.63. The minimum absolute atomic E-state index is 0.301. The van der Waals surface area contributed by atoms with Crippen molar-refractivity contribution in [3.63, 3.8) is 0 Å². The average Bonchev–Trinajstić information content (AvgIpc) is 2.11. The van der Waals surface area contributed by atoms with Crippen LogP contribution in [0.3, 0.4) is 0 Å². The van der Waals surface area contributed by atoms with Gasteiger partial charge in [0.1, 0.15) is 11.5 Å². The summed E-state index contributed by atoms with van der Waals surface area (Å²) in [7, 11) is 0. The van der Waals surface area contributed by atoms with Gasteiger partial charge in [-0.25, -0.2) is 0 Å². The van der Waals surface area contributed by atoms with Crippen molar-refractivity contribution >= 4 is 5.97 Å². The molecule has 0 aliphatic carbocycles. The zero-order valence-electron chi connectivity index (χ0n) is 9.59. The molecule has 0 aliphatic heterocycles. The molecular weight excluding hydrogens is 192 g/mol. The Morgan fingerprint density at radius 3 is 2.20 bits per heavy atom. The smallest absolute Gasteiger partial charge is 0.308 e. The van der Waals surface area contributed by atoms with E-state index in [0.29, 0.717) is 12.4 Å². The largest absolute Gasteiger partial charge is 0.494 e. The third-order valence-electron chi connectivity index (χ3n) is 1.99. The third-order valence-corrected chi connectivity index (χ3v) is 1.99. The molecule has 1 aromatic rings. The summed E-state index contributed by atoms with van der Waals surface area (Å²) < 4.78 is 10.5. The van der Waals surface area contributed by atoms with Crippen molar-refractivity contribution < 1.29 is 14.3 Å². The minimum Gasteiger partial charge on any atom is -0.494 e. The third kappa shape index (κ3) is 2.98. The first-order chi connectivity index (χ1) is 7.04. The molecule has 0 saturated carbocycles. The standard InChI is InChI=1S/C12H16O3/c1-5-14-11-6-8(2)12(9(3)7-11)15-10(4)13/h6-7H,5H2,1-4H3. The lowest BCUT2D eigenvalue weighted by Gasteiger charge is -2.11. The number of hydrogen-bond donors (Lipinski definition) is 0. The first kappa shape index (κ1) is 11.6. The Balaban J connectivity index is 3.03. The van der Waals surface area contributed by atoms with E-state index in [9.17, 15) is 4.79 Å². The van der Waals surface area contributed by atoms with Crippen LogP contribution in [0.4, 0.5) is 0 Å². The summed E-state index contributed by atoms with van der Waals surface area (Å²) >= 11 is 0. The summed E-state index contributed by atoms with van der Waals surface area (Å²) in [5.41, 5.74) is 1.82. The maximum absolute atomic E-state index is 10.9. The molecule has 0 N–H and O–H groups in total. The van der Waals surface area contributed by atoms with Crippen LogP contribution in [0.15, 0.2) is 12.1 Å². The SMILES string of the molecule is CCOc1cc(C)c(OC(C)=O)c(C)c1. The van der Waals surface area contributed by atoms with Gasteiger partial charge in [-0.05, 0) is 44.0 Å². The fourth-order valence-corrected chi connectivity index (χ4v) is 1.47. The summed E-state index contributed by atoms with van der Waals surface area (Å²) in [5.74, 6) is 1.14. The first-order valence-electron chi connectivity index (χ1n) is 4.97. The zero-order valence-corrected chi connectivity index (χ0v) is 9.59. The lowest BCUT2D eigenvalue weighted by atomic mass is 10.1. The monoisotopic (exact) mass is 208 g/mol. The Hall–Kier alpha value is -1.51. The highest BCUT2D eigenvalue weighted by atomic mass is 16.5. The van der Waals surface area contributed by atoms with Crippen LogP contribution in [0, 0.1) is 13.8 Å². The molecule has 3 nitrogen and oxygen atoms in total. The molecule has 0 aromatic heterocycles. The van der Waals surface area contributed by atoms with Crippen LogP contribution in [-0.2, 0) is 4.79 Å². The van der Waals surface area contributed by atoms with Crippen molar-refractivity contribution in [2.45, 2.75) is 27.7 Å². The van der Waals surface area contributed by atoms with Gasteiger partial charge in [0, 0.05) is 6.92 Å². The van der Waals surface area contributed by atoms with Crippen molar-refractivity contribution in [2.75, 3.05) is 6.61 Å². The summed E-state index contributed by atoms with van der Waals surface area (Å²) in [4.78, 5) is 10.9. The second-order valence-electron chi connectivity index (χ2n) is 3.41.